The third-order valence-electron chi connectivity index (χ3n) is 7.88. The zero-order valence-corrected chi connectivity index (χ0v) is 22.0. The van der Waals surface area contributed by atoms with Crippen molar-refractivity contribution in [2.45, 2.75) is 59.8 Å². The Kier molecular flexibility index (Phi) is 5.60. The minimum Gasteiger partial charge on any atom is -0.448 e. The molecule has 1 unspecified atom stereocenters. The first-order chi connectivity index (χ1) is 16.0. The molecule has 34 heavy (non-hydrogen) atoms. The van der Waals surface area contributed by atoms with Crippen LogP contribution < -0.4 is 20.3 Å². The highest BCUT2D eigenvalue weighted by Gasteiger charge is 2.60. The van der Waals surface area contributed by atoms with E-state index in [-0.39, 0.29) is 18.0 Å². The first-order valence-electron chi connectivity index (χ1n) is 12.0. The number of hydrogen-bond acceptors (Lipinski definition) is 5. The van der Waals surface area contributed by atoms with Crippen LogP contribution in [0.5, 0.6) is 11.5 Å². The normalized spacial score (nSPS) is 23.0. The molecule has 1 aliphatic carbocycles. The van der Waals surface area contributed by atoms with Gasteiger partial charge in [-0.2, -0.15) is 0 Å². The van der Waals surface area contributed by atoms with Gasteiger partial charge in [-0.05, 0) is 79.2 Å². The van der Waals surface area contributed by atoms with Crippen molar-refractivity contribution >= 4 is 21.8 Å². The maximum absolute atomic E-state index is 13.1. The van der Waals surface area contributed by atoms with Gasteiger partial charge in [-0.1, -0.05) is 6.92 Å². The van der Waals surface area contributed by atoms with Crippen molar-refractivity contribution in [2.24, 2.45) is 11.3 Å². The van der Waals surface area contributed by atoms with E-state index in [0.717, 1.165) is 36.2 Å². The molecule has 1 aromatic carbocycles. The number of nitrogens with zero attached hydrogens (tertiary/aromatic N) is 1. The van der Waals surface area contributed by atoms with Crippen LogP contribution in [0.15, 0.2) is 21.4 Å². The number of halogens is 1. The number of H-pyrrole nitrogens is 1. The molecular weight excluding hydrogens is 498 g/mol. The van der Waals surface area contributed by atoms with E-state index < -0.39 is 5.79 Å². The van der Waals surface area contributed by atoms with Gasteiger partial charge in [0.2, 0.25) is 0 Å². The number of aromatic amines is 1. The molecule has 0 bridgehead atoms. The number of fused-ring (bicyclic) bond motifs is 1. The second kappa shape index (κ2) is 8.12. The largest absolute Gasteiger partial charge is 0.448 e. The van der Waals surface area contributed by atoms with Gasteiger partial charge in [0.05, 0.1) is 4.47 Å². The van der Waals surface area contributed by atoms with Crippen molar-refractivity contribution in [3.63, 3.8) is 0 Å². The zero-order valence-electron chi connectivity index (χ0n) is 20.4. The lowest BCUT2D eigenvalue weighted by Crippen LogP contribution is -2.66. The van der Waals surface area contributed by atoms with E-state index in [1.54, 1.807) is 6.07 Å². The molecule has 8 heteroatoms. The standard InChI is InChI=1S/C26H32BrN3O4/c1-6-30-12-26(13-30)9-17(10-26)25(5)33-21-16(4)18(8-20(27)22(21)34-25)23(31)28-11-19-14(2)7-15(3)29-24(19)32/h7-8,17H,6,9-13H2,1-5H3,(H,28,31)(H,29,32). The van der Waals surface area contributed by atoms with E-state index in [1.165, 1.54) is 13.1 Å². The fourth-order valence-electron chi connectivity index (χ4n) is 5.85. The van der Waals surface area contributed by atoms with Crippen LogP contribution in [0.25, 0.3) is 0 Å². The zero-order chi connectivity index (χ0) is 24.4. The van der Waals surface area contributed by atoms with E-state index in [4.69, 9.17) is 9.47 Å². The van der Waals surface area contributed by atoms with Crippen LogP contribution in [0.2, 0.25) is 0 Å². The van der Waals surface area contributed by atoms with Gasteiger partial charge in [0, 0.05) is 54.9 Å². The smallest absolute Gasteiger partial charge is 0.253 e. The molecule has 1 spiro atoms. The first-order valence-corrected chi connectivity index (χ1v) is 12.7. The Bertz CT molecular complexity index is 1230. The number of aryl methyl sites for hydroxylation is 2. The molecule has 182 valence electrons. The van der Waals surface area contributed by atoms with Gasteiger partial charge in [0.25, 0.3) is 17.3 Å². The summed E-state index contributed by atoms with van der Waals surface area (Å²) in [7, 11) is 0. The van der Waals surface area contributed by atoms with Crippen molar-refractivity contribution in [1.29, 1.82) is 0 Å². The minimum atomic E-state index is -0.727. The molecule has 2 N–H and O–H groups in total. The number of hydrogen-bond donors (Lipinski definition) is 2. The van der Waals surface area contributed by atoms with Crippen molar-refractivity contribution in [1.82, 2.24) is 15.2 Å². The summed E-state index contributed by atoms with van der Waals surface area (Å²) in [5.41, 5.74) is 3.70. The summed E-state index contributed by atoms with van der Waals surface area (Å²) in [5.74, 6) is 0.616. The van der Waals surface area contributed by atoms with Crippen LogP contribution in [0, 0.1) is 32.1 Å². The summed E-state index contributed by atoms with van der Waals surface area (Å²) in [4.78, 5) is 30.7. The third kappa shape index (κ3) is 3.75. The molecule has 2 aliphatic heterocycles. The van der Waals surface area contributed by atoms with Gasteiger partial charge in [0.1, 0.15) is 0 Å². The van der Waals surface area contributed by atoms with E-state index in [1.807, 2.05) is 33.8 Å². The summed E-state index contributed by atoms with van der Waals surface area (Å²) in [6.45, 7) is 13.4. The van der Waals surface area contributed by atoms with E-state index in [2.05, 4.69) is 38.1 Å². The number of likely N-dealkylation sites (tertiary alicyclic amines) is 1. The highest BCUT2D eigenvalue weighted by Crippen LogP contribution is 2.59. The Labute approximate surface area is 208 Å². The van der Waals surface area contributed by atoms with Crippen LogP contribution in [-0.2, 0) is 6.54 Å². The number of nitrogens with one attached hydrogen (secondary N) is 2. The number of amides is 1. The molecular formula is C26H32BrN3O4. The van der Waals surface area contributed by atoms with Gasteiger partial charge >= 0.3 is 0 Å². The average Bonchev–Trinajstić information content (AvgIpc) is 3.07. The fraction of sp³-hybridized carbons (Fsp3) is 0.538. The summed E-state index contributed by atoms with van der Waals surface area (Å²) >= 11 is 3.59. The molecule has 5 rings (SSSR count). The van der Waals surface area contributed by atoms with Crippen molar-refractivity contribution < 1.29 is 14.3 Å². The summed E-state index contributed by atoms with van der Waals surface area (Å²) < 4.78 is 13.5. The number of aromatic nitrogens is 1. The van der Waals surface area contributed by atoms with Crippen molar-refractivity contribution in [2.75, 3.05) is 19.6 Å². The number of pyridine rings is 1. The molecule has 2 fully saturated rings. The van der Waals surface area contributed by atoms with Crippen molar-refractivity contribution in [3.8, 4) is 11.5 Å². The van der Waals surface area contributed by atoms with Crippen LogP contribution in [0.4, 0.5) is 0 Å². The maximum Gasteiger partial charge on any atom is 0.253 e. The lowest BCUT2D eigenvalue weighted by atomic mass is 9.55. The Morgan fingerprint density at radius 3 is 2.53 bits per heavy atom. The van der Waals surface area contributed by atoms with Gasteiger partial charge < -0.3 is 24.7 Å². The highest BCUT2D eigenvalue weighted by atomic mass is 79.9. The average molecular weight is 530 g/mol. The topological polar surface area (TPSA) is 83.7 Å². The lowest BCUT2D eigenvalue weighted by molar-refractivity contribution is -0.201. The highest BCUT2D eigenvalue weighted by molar-refractivity contribution is 9.10. The van der Waals surface area contributed by atoms with Gasteiger partial charge in [-0.3, -0.25) is 9.59 Å². The summed E-state index contributed by atoms with van der Waals surface area (Å²) in [6.07, 6.45) is 2.20. The number of ether oxygens (including phenoxy) is 2. The third-order valence-corrected chi connectivity index (χ3v) is 8.47. The van der Waals surface area contributed by atoms with Gasteiger partial charge in [-0.25, -0.2) is 0 Å². The number of benzene rings is 1. The van der Waals surface area contributed by atoms with E-state index in [0.29, 0.717) is 38.4 Å². The van der Waals surface area contributed by atoms with E-state index in [9.17, 15) is 9.59 Å². The predicted octanol–water partition coefficient (Wildman–Crippen LogP) is 4.21. The molecule has 0 radical (unpaired) electrons. The van der Waals surface area contributed by atoms with Crippen molar-refractivity contribution in [3.05, 3.63) is 54.9 Å². The molecule has 3 heterocycles. The fourth-order valence-corrected chi connectivity index (χ4v) is 6.34. The molecule has 1 atom stereocenters. The Hall–Kier alpha value is -2.32. The first kappa shape index (κ1) is 23.4. The van der Waals surface area contributed by atoms with Crippen LogP contribution in [-0.4, -0.2) is 41.2 Å². The van der Waals surface area contributed by atoms with E-state index >= 15 is 0 Å². The molecule has 1 amide bonds. The number of carbonyl (C=O) groups excluding carboxylic acids is 1. The summed E-state index contributed by atoms with van der Waals surface area (Å²) in [5, 5.41) is 2.90. The monoisotopic (exact) mass is 529 g/mol. The predicted molar refractivity (Wildman–Crippen MR) is 134 cm³/mol. The van der Waals surface area contributed by atoms with Gasteiger partial charge in [0.15, 0.2) is 11.5 Å². The molecule has 1 saturated carbocycles. The Morgan fingerprint density at radius 1 is 1.21 bits per heavy atom. The molecule has 7 nitrogen and oxygen atoms in total. The molecule has 1 saturated heterocycles. The van der Waals surface area contributed by atoms with Crippen LogP contribution in [0.3, 0.4) is 0 Å². The van der Waals surface area contributed by atoms with Crippen LogP contribution in [0.1, 0.15) is 59.4 Å². The Balaban J connectivity index is 1.31. The lowest BCUT2D eigenvalue weighted by Gasteiger charge is -2.61. The quantitative estimate of drug-likeness (QED) is 0.605. The SMILES string of the molecule is CCN1CC2(CC(C3(C)Oc4c(Br)cc(C(=O)NCc5c(C)cc(C)[nH]c5=O)c(C)c4O3)C2)C1. The van der Waals surface area contributed by atoms with Crippen LogP contribution >= 0.6 is 15.9 Å². The maximum atomic E-state index is 13.1. The van der Waals surface area contributed by atoms with Gasteiger partial charge in [-0.15, -0.1) is 0 Å². The molecule has 1 aromatic heterocycles. The minimum absolute atomic E-state index is 0.155. The summed E-state index contributed by atoms with van der Waals surface area (Å²) in [6, 6.07) is 3.68. The second-order valence-electron chi connectivity index (χ2n) is 10.4. The molecule has 3 aliphatic rings. The molecule has 2 aromatic rings. The Morgan fingerprint density at radius 2 is 1.88 bits per heavy atom. The number of rotatable bonds is 5. The number of carbonyl (C=O) groups is 1. The second-order valence-corrected chi connectivity index (χ2v) is 11.3.